The fourth-order valence-corrected chi connectivity index (χ4v) is 3.19. The van der Waals surface area contributed by atoms with E-state index < -0.39 is 17.6 Å². The molecule has 0 aromatic heterocycles. The second kappa shape index (κ2) is 8.52. The Labute approximate surface area is 165 Å². The number of hydrogen-bond donors (Lipinski definition) is 2. The Morgan fingerprint density at radius 2 is 1.59 bits per heavy atom. The van der Waals surface area contributed by atoms with Crippen LogP contribution in [0.5, 0.6) is 0 Å². The van der Waals surface area contributed by atoms with Crippen molar-refractivity contribution in [3.05, 3.63) is 65.2 Å². The van der Waals surface area contributed by atoms with Gasteiger partial charge in [0.25, 0.3) is 5.91 Å². The van der Waals surface area contributed by atoms with Crippen molar-refractivity contribution in [1.29, 1.82) is 0 Å². The lowest BCUT2D eigenvalue weighted by atomic mass is 10.1. The van der Waals surface area contributed by atoms with Crippen molar-refractivity contribution in [1.82, 2.24) is 10.4 Å². The highest BCUT2D eigenvalue weighted by molar-refractivity contribution is 5.94. The minimum atomic E-state index is -4.45. The zero-order valence-corrected chi connectivity index (χ0v) is 15.4. The molecule has 9 heteroatoms. The molecule has 29 heavy (non-hydrogen) atoms. The molecule has 0 aliphatic carbocycles. The number of rotatable bonds is 4. The van der Waals surface area contributed by atoms with E-state index in [9.17, 15) is 22.8 Å². The number of carbonyl (C=O) groups is 2. The Morgan fingerprint density at radius 3 is 2.10 bits per heavy atom. The lowest BCUT2D eigenvalue weighted by Crippen LogP contribution is -2.41. The van der Waals surface area contributed by atoms with Crippen LogP contribution in [0.25, 0.3) is 0 Å². The third kappa shape index (κ3) is 4.86. The average molecular weight is 407 g/mol. The number of hydrogen-bond acceptors (Lipinski definition) is 3. The van der Waals surface area contributed by atoms with E-state index in [4.69, 9.17) is 5.21 Å². The van der Waals surface area contributed by atoms with E-state index in [-0.39, 0.29) is 18.1 Å². The first-order valence-corrected chi connectivity index (χ1v) is 9.06. The van der Waals surface area contributed by atoms with Crippen molar-refractivity contribution >= 4 is 17.6 Å². The van der Waals surface area contributed by atoms with Crippen molar-refractivity contribution in [2.24, 2.45) is 0 Å². The number of benzene rings is 2. The van der Waals surface area contributed by atoms with Crippen LogP contribution in [-0.2, 0) is 12.7 Å². The fourth-order valence-electron chi connectivity index (χ4n) is 3.19. The molecule has 1 saturated heterocycles. The number of carbonyl (C=O) groups excluding carboxylic acids is 2. The third-order valence-electron chi connectivity index (χ3n) is 4.77. The van der Waals surface area contributed by atoms with Gasteiger partial charge >= 0.3 is 12.2 Å². The van der Waals surface area contributed by atoms with Crippen LogP contribution < -0.4 is 10.4 Å². The van der Waals surface area contributed by atoms with Gasteiger partial charge in [0.05, 0.1) is 12.1 Å². The maximum atomic E-state index is 13.0. The normalized spacial score (nSPS) is 14.0. The number of amides is 3. The molecule has 2 aromatic carbocycles. The van der Waals surface area contributed by atoms with E-state index in [1.807, 2.05) is 0 Å². The van der Waals surface area contributed by atoms with E-state index in [1.54, 1.807) is 17.0 Å². The van der Waals surface area contributed by atoms with Gasteiger partial charge in [-0.25, -0.2) is 10.3 Å². The number of hydroxylamine groups is 1. The summed E-state index contributed by atoms with van der Waals surface area (Å²) in [7, 11) is 0. The SMILES string of the molecule is O=C(NO)c1ccc(CN(C(=O)N2CCCC2)c2ccc(C(F)(F)F)cc2)cc1. The van der Waals surface area contributed by atoms with Gasteiger partial charge in [-0.1, -0.05) is 12.1 Å². The molecule has 154 valence electrons. The molecule has 2 N–H and O–H groups in total. The summed E-state index contributed by atoms with van der Waals surface area (Å²) in [6.07, 6.45) is -2.68. The molecule has 1 aliphatic heterocycles. The van der Waals surface area contributed by atoms with E-state index in [0.717, 1.165) is 25.0 Å². The largest absolute Gasteiger partial charge is 0.416 e. The number of halogens is 3. The minimum Gasteiger partial charge on any atom is -0.324 e. The second-order valence-electron chi connectivity index (χ2n) is 6.75. The molecule has 3 amide bonds. The van der Waals surface area contributed by atoms with Gasteiger partial charge in [-0.15, -0.1) is 0 Å². The third-order valence-corrected chi connectivity index (χ3v) is 4.77. The summed E-state index contributed by atoms with van der Waals surface area (Å²) in [5.74, 6) is -0.663. The van der Waals surface area contributed by atoms with Gasteiger partial charge in [-0.2, -0.15) is 13.2 Å². The van der Waals surface area contributed by atoms with Crippen LogP contribution in [0.15, 0.2) is 48.5 Å². The van der Waals surface area contributed by atoms with Crippen molar-refractivity contribution in [2.75, 3.05) is 18.0 Å². The first-order valence-electron chi connectivity index (χ1n) is 9.06. The zero-order valence-electron chi connectivity index (χ0n) is 15.4. The van der Waals surface area contributed by atoms with Gasteiger partial charge < -0.3 is 4.90 Å². The molecule has 6 nitrogen and oxygen atoms in total. The predicted octanol–water partition coefficient (Wildman–Crippen LogP) is 4.05. The quantitative estimate of drug-likeness (QED) is 0.593. The molecular formula is C20H20F3N3O3. The zero-order chi connectivity index (χ0) is 21.0. The molecule has 0 spiro atoms. The molecule has 0 unspecified atom stereocenters. The van der Waals surface area contributed by atoms with Gasteiger partial charge in [0.1, 0.15) is 0 Å². The molecule has 1 aliphatic rings. The van der Waals surface area contributed by atoms with E-state index in [0.29, 0.717) is 24.3 Å². The summed E-state index contributed by atoms with van der Waals surface area (Å²) < 4.78 is 38.6. The molecule has 0 bridgehead atoms. The molecule has 0 saturated carbocycles. The number of anilines is 1. The topological polar surface area (TPSA) is 72.9 Å². The maximum Gasteiger partial charge on any atom is 0.416 e. The molecular weight excluding hydrogens is 387 g/mol. The highest BCUT2D eigenvalue weighted by atomic mass is 19.4. The monoisotopic (exact) mass is 407 g/mol. The summed E-state index contributed by atoms with van der Waals surface area (Å²) >= 11 is 0. The van der Waals surface area contributed by atoms with Crippen LogP contribution in [-0.4, -0.2) is 35.1 Å². The van der Waals surface area contributed by atoms with Crippen molar-refractivity contribution in [3.63, 3.8) is 0 Å². The molecule has 1 heterocycles. The van der Waals surface area contributed by atoms with Crippen LogP contribution in [0, 0.1) is 0 Å². The van der Waals surface area contributed by atoms with Gasteiger partial charge in [0, 0.05) is 24.3 Å². The summed E-state index contributed by atoms with van der Waals surface area (Å²) in [4.78, 5) is 27.5. The first-order chi connectivity index (χ1) is 13.8. The Kier molecular flexibility index (Phi) is 6.07. The van der Waals surface area contributed by atoms with Crippen LogP contribution in [0.3, 0.4) is 0 Å². The van der Waals surface area contributed by atoms with Gasteiger partial charge in [0.15, 0.2) is 0 Å². The summed E-state index contributed by atoms with van der Waals surface area (Å²) in [5, 5.41) is 8.69. The maximum absolute atomic E-state index is 13.0. The summed E-state index contributed by atoms with van der Waals surface area (Å²) in [6.45, 7) is 1.33. The van der Waals surface area contributed by atoms with Crippen LogP contribution in [0.1, 0.15) is 34.3 Å². The number of nitrogens with zero attached hydrogens (tertiary/aromatic N) is 2. The standard InChI is InChI=1S/C20H20F3N3O3/c21-20(22,23)16-7-9-17(10-8-16)26(19(28)25-11-1-2-12-25)13-14-3-5-15(6-4-14)18(27)24-29/h3-10,29H,1-2,11-13H2,(H,24,27). The summed E-state index contributed by atoms with van der Waals surface area (Å²) in [5.41, 5.74) is 2.03. The van der Waals surface area contributed by atoms with Gasteiger partial charge in [-0.3, -0.25) is 14.9 Å². The van der Waals surface area contributed by atoms with Crippen molar-refractivity contribution in [3.8, 4) is 0 Å². The smallest absolute Gasteiger partial charge is 0.324 e. The number of likely N-dealkylation sites (tertiary alicyclic amines) is 1. The molecule has 3 rings (SSSR count). The Bertz CT molecular complexity index is 861. The van der Waals surface area contributed by atoms with E-state index in [2.05, 4.69) is 0 Å². The van der Waals surface area contributed by atoms with Gasteiger partial charge in [-0.05, 0) is 54.8 Å². The Hall–Kier alpha value is -3.07. The molecule has 0 atom stereocenters. The highest BCUT2D eigenvalue weighted by Gasteiger charge is 2.31. The first kappa shape index (κ1) is 20.7. The molecule has 0 radical (unpaired) electrons. The number of nitrogens with one attached hydrogen (secondary N) is 1. The number of urea groups is 1. The van der Waals surface area contributed by atoms with Crippen molar-refractivity contribution in [2.45, 2.75) is 25.6 Å². The average Bonchev–Trinajstić information content (AvgIpc) is 3.26. The Morgan fingerprint density at radius 1 is 1.00 bits per heavy atom. The highest BCUT2D eigenvalue weighted by Crippen LogP contribution is 2.31. The van der Waals surface area contributed by atoms with E-state index in [1.165, 1.54) is 34.6 Å². The summed E-state index contributed by atoms with van der Waals surface area (Å²) in [6, 6.07) is 10.4. The lowest BCUT2D eigenvalue weighted by Gasteiger charge is -2.28. The van der Waals surface area contributed by atoms with Gasteiger partial charge in [0.2, 0.25) is 0 Å². The van der Waals surface area contributed by atoms with Crippen LogP contribution in [0.2, 0.25) is 0 Å². The van der Waals surface area contributed by atoms with E-state index >= 15 is 0 Å². The lowest BCUT2D eigenvalue weighted by molar-refractivity contribution is -0.137. The van der Waals surface area contributed by atoms with Crippen LogP contribution in [0.4, 0.5) is 23.7 Å². The fraction of sp³-hybridized carbons (Fsp3) is 0.300. The Balaban J connectivity index is 1.87. The number of alkyl halides is 3. The molecule has 1 fully saturated rings. The molecule has 2 aromatic rings. The minimum absolute atomic E-state index is 0.127. The van der Waals surface area contributed by atoms with Crippen LogP contribution >= 0.6 is 0 Å². The second-order valence-corrected chi connectivity index (χ2v) is 6.75. The predicted molar refractivity (Wildman–Crippen MR) is 99.5 cm³/mol. The van der Waals surface area contributed by atoms with Crippen molar-refractivity contribution < 1.29 is 28.0 Å².